The summed E-state index contributed by atoms with van der Waals surface area (Å²) in [6, 6.07) is 7.77. The summed E-state index contributed by atoms with van der Waals surface area (Å²) in [6.45, 7) is 1.58. The Morgan fingerprint density at radius 3 is 2.24 bits per heavy atom. The van der Waals surface area contributed by atoms with Gasteiger partial charge in [0.15, 0.2) is 11.6 Å². The van der Waals surface area contributed by atoms with E-state index >= 15 is 0 Å². The lowest BCUT2D eigenvalue weighted by Crippen LogP contribution is -1.95. The van der Waals surface area contributed by atoms with Crippen LogP contribution in [0.1, 0.15) is 18.6 Å². The summed E-state index contributed by atoms with van der Waals surface area (Å²) in [4.78, 5) is 0. The molecule has 0 aromatic heterocycles. The second-order valence-corrected chi connectivity index (χ2v) is 6.09. The van der Waals surface area contributed by atoms with Gasteiger partial charge in [-0.3, -0.25) is 0 Å². The molecular formula is C15H13Br2FO3. The van der Waals surface area contributed by atoms with Crippen LogP contribution in [0.3, 0.4) is 0 Å². The van der Waals surface area contributed by atoms with Crippen LogP contribution in [0.15, 0.2) is 39.3 Å². The molecule has 0 amide bonds. The molecule has 0 aliphatic carbocycles. The van der Waals surface area contributed by atoms with Gasteiger partial charge in [-0.1, -0.05) is 6.07 Å². The van der Waals surface area contributed by atoms with Gasteiger partial charge in [-0.2, -0.15) is 0 Å². The van der Waals surface area contributed by atoms with Gasteiger partial charge in [0, 0.05) is 0 Å². The zero-order valence-corrected chi connectivity index (χ0v) is 14.5. The fourth-order valence-electron chi connectivity index (χ4n) is 1.72. The second-order valence-electron chi connectivity index (χ2n) is 4.39. The van der Waals surface area contributed by atoms with Gasteiger partial charge in [-0.25, -0.2) is 4.39 Å². The van der Waals surface area contributed by atoms with E-state index in [1.165, 1.54) is 12.1 Å². The van der Waals surface area contributed by atoms with E-state index in [9.17, 15) is 9.50 Å². The van der Waals surface area contributed by atoms with Gasteiger partial charge in [0.2, 0.25) is 0 Å². The zero-order valence-electron chi connectivity index (χ0n) is 11.4. The van der Waals surface area contributed by atoms with Gasteiger partial charge in [-0.15, -0.1) is 0 Å². The van der Waals surface area contributed by atoms with Crippen molar-refractivity contribution < 1.29 is 19.0 Å². The SMILES string of the molecule is COc1cc(Br)c(Oc2ccc([C@@H](C)O)cc2F)cc1Br. The van der Waals surface area contributed by atoms with E-state index in [2.05, 4.69) is 31.9 Å². The average Bonchev–Trinajstić information content (AvgIpc) is 2.44. The third-order valence-corrected chi connectivity index (χ3v) is 4.10. The third-order valence-electron chi connectivity index (χ3n) is 2.86. The van der Waals surface area contributed by atoms with Crippen LogP contribution in [-0.4, -0.2) is 12.2 Å². The first-order chi connectivity index (χ1) is 9.92. The van der Waals surface area contributed by atoms with Crippen molar-refractivity contribution in [3.05, 3.63) is 50.7 Å². The van der Waals surface area contributed by atoms with Gasteiger partial charge in [0.25, 0.3) is 0 Å². The largest absolute Gasteiger partial charge is 0.496 e. The van der Waals surface area contributed by atoms with Crippen LogP contribution in [0, 0.1) is 5.82 Å². The van der Waals surface area contributed by atoms with Crippen LogP contribution in [0.4, 0.5) is 4.39 Å². The third kappa shape index (κ3) is 3.75. The van der Waals surface area contributed by atoms with E-state index in [4.69, 9.17) is 9.47 Å². The first-order valence-corrected chi connectivity index (χ1v) is 7.69. The number of aliphatic hydroxyl groups excluding tert-OH is 1. The lowest BCUT2D eigenvalue weighted by atomic mass is 10.1. The minimum Gasteiger partial charge on any atom is -0.496 e. The van der Waals surface area contributed by atoms with E-state index in [0.29, 0.717) is 26.0 Å². The molecule has 2 aromatic rings. The highest BCUT2D eigenvalue weighted by Gasteiger charge is 2.13. The van der Waals surface area contributed by atoms with E-state index < -0.39 is 11.9 Å². The molecule has 0 aliphatic heterocycles. The Balaban J connectivity index is 2.32. The lowest BCUT2D eigenvalue weighted by molar-refractivity contribution is 0.198. The number of halogens is 3. The highest BCUT2D eigenvalue weighted by molar-refractivity contribution is 9.11. The molecule has 0 radical (unpaired) electrons. The van der Waals surface area contributed by atoms with Crippen molar-refractivity contribution in [3.8, 4) is 17.2 Å². The Bertz CT molecular complexity index is 660. The topological polar surface area (TPSA) is 38.7 Å². The van der Waals surface area contributed by atoms with Crippen molar-refractivity contribution in [1.82, 2.24) is 0 Å². The van der Waals surface area contributed by atoms with Crippen LogP contribution < -0.4 is 9.47 Å². The summed E-state index contributed by atoms with van der Waals surface area (Å²) < 4.78 is 26.1. The van der Waals surface area contributed by atoms with Crippen molar-refractivity contribution in [2.24, 2.45) is 0 Å². The molecular weight excluding hydrogens is 407 g/mol. The summed E-state index contributed by atoms with van der Waals surface area (Å²) in [5.74, 6) is 0.634. The number of ether oxygens (including phenoxy) is 2. The molecule has 0 fully saturated rings. The summed E-state index contributed by atoms with van der Waals surface area (Å²) in [7, 11) is 1.56. The van der Waals surface area contributed by atoms with E-state index in [1.54, 1.807) is 32.2 Å². The molecule has 21 heavy (non-hydrogen) atoms. The van der Waals surface area contributed by atoms with Crippen LogP contribution in [-0.2, 0) is 0 Å². The Kier molecular flexibility index (Phi) is 5.24. The zero-order chi connectivity index (χ0) is 15.6. The van der Waals surface area contributed by atoms with Crippen molar-refractivity contribution in [1.29, 1.82) is 0 Å². The van der Waals surface area contributed by atoms with Crippen LogP contribution in [0.5, 0.6) is 17.2 Å². The molecule has 0 unspecified atom stereocenters. The first-order valence-electron chi connectivity index (χ1n) is 6.10. The molecule has 2 rings (SSSR count). The number of rotatable bonds is 4. The molecule has 0 spiro atoms. The predicted octanol–water partition coefficient (Wildman–Crippen LogP) is 5.20. The first kappa shape index (κ1) is 16.3. The van der Waals surface area contributed by atoms with Gasteiger partial charge >= 0.3 is 0 Å². The Morgan fingerprint density at radius 1 is 1.05 bits per heavy atom. The quantitative estimate of drug-likeness (QED) is 0.739. The molecule has 0 saturated carbocycles. The van der Waals surface area contributed by atoms with Gasteiger partial charge in [0.05, 0.1) is 22.2 Å². The molecule has 0 saturated heterocycles. The van der Waals surface area contributed by atoms with E-state index in [1.807, 2.05) is 0 Å². The number of hydrogen-bond acceptors (Lipinski definition) is 3. The summed E-state index contributed by atoms with van der Waals surface area (Å²) in [5, 5.41) is 9.43. The monoisotopic (exact) mass is 418 g/mol. The van der Waals surface area contributed by atoms with Crippen LogP contribution >= 0.6 is 31.9 Å². The molecule has 112 valence electrons. The number of hydrogen-bond donors (Lipinski definition) is 1. The molecule has 6 heteroatoms. The molecule has 1 atom stereocenters. The molecule has 0 bridgehead atoms. The summed E-state index contributed by atoms with van der Waals surface area (Å²) in [6.07, 6.45) is -0.726. The van der Waals surface area contributed by atoms with E-state index in [0.717, 1.165) is 0 Å². The van der Waals surface area contributed by atoms with Crippen molar-refractivity contribution in [3.63, 3.8) is 0 Å². The maximum atomic E-state index is 14.0. The molecule has 0 aliphatic rings. The minimum atomic E-state index is -0.726. The fraction of sp³-hybridized carbons (Fsp3) is 0.200. The Labute approximate surface area is 139 Å². The van der Waals surface area contributed by atoms with Gasteiger partial charge in [-0.05, 0) is 68.6 Å². The minimum absolute atomic E-state index is 0.0807. The molecule has 3 nitrogen and oxygen atoms in total. The molecule has 0 heterocycles. The number of methoxy groups -OCH3 is 1. The maximum Gasteiger partial charge on any atom is 0.166 e. The van der Waals surface area contributed by atoms with Gasteiger partial charge in [0.1, 0.15) is 11.5 Å². The molecule has 1 N–H and O–H groups in total. The highest BCUT2D eigenvalue weighted by atomic mass is 79.9. The second kappa shape index (κ2) is 6.77. The van der Waals surface area contributed by atoms with Crippen molar-refractivity contribution in [2.45, 2.75) is 13.0 Å². The maximum absolute atomic E-state index is 14.0. The van der Waals surface area contributed by atoms with Gasteiger partial charge < -0.3 is 14.6 Å². The highest BCUT2D eigenvalue weighted by Crippen LogP contribution is 2.38. The van der Waals surface area contributed by atoms with Crippen molar-refractivity contribution >= 4 is 31.9 Å². The number of aliphatic hydroxyl groups is 1. The Morgan fingerprint density at radius 2 is 1.67 bits per heavy atom. The standard InChI is InChI=1S/C15H13Br2FO3/c1-8(19)9-3-4-13(12(18)5-9)21-15-7-10(16)14(20-2)6-11(15)17/h3-8,19H,1-2H3/t8-/m1/s1. The average molecular weight is 420 g/mol. The smallest absolute Gasteiger partial charge is 0.166 e. The summed E-state index contributed by atoms with van der Waals surface area (Å²) in [5.41, 5.74) is 0.495. The van der Waals surface area contributed by atoms with Crippen molar-refractivity contribution in [2.75, 3.05) is 7.11 Å². The molecule has 2 aromatic carbocycles. The predicted molar refractivity (Wildman–Crippen MR) is 85.5 cm³/mol. The van der Waals surface area contributed by atoms with Crippen LogP contribution in [0.25, 0.3) is 0 Å². The normalized spacial score (nSPS) is 12.1. The number of benzene rings is 2. The van der Waals surface area contributed by atoms with Crippen LogP contribution in [0.2, 0.25) is 0 Å². The fourth-order valence-corrected chi connectivity index (χ4v) is 2.61. The Hall–Kier alpha value is -1.11. The summed E-state index contributed by atoms with van der Waals surface area (Å²) >= 11 is 6.70. The lowest BCUT2D eigenvalue weighted by Gasteiger charge is -2.12. The van der Waals surface area contributed by atoms with E-state index in [-0.39, 0.29) is 5.75 Å².